The van der Waals surface area contributed by atoms with Crippen molar-refractivity contribution in [3.63, 3.8) is 0 Å². The molecule has 2 heteroatoms. The molecule has 0 N–H and O–H groups in total. The number of aromatic nitrogens is 1. The molecule has 1 aliphatic heterocycles. The molecule has 9 aromatic rings. The minimum atomic E-state index is 0.798. The van der Waals surface area contributed by atoms with Crippen molar-refractivity contribution in [2.24, 2.45) is 0 Å². The minimum absolute atomic E-state index is 0.798. The fourth-order valence-corrected chi connectivity index (χ4v) is 8.20. The van der Waals surface area contributed by atoms with E-state index >= 15 is 0 Å². The van der Waals surface area contributed by atoms with Crippen molar-refractivity contribution in [2.45, 2.75) is 13.1 Å². The highest BCUT2D eigenvalue weighted by Gasteiger charge is 2.22. The molecular weight excluding hydrogens is 689 g/mol. The summed E-state index contributed by atoms with van der Waals surface area (Å²) in [6.45, 7) is 1.61. The van der Waals surface area contributed by atoms with E-state index in [2.05, 4.69) is 223 Å². The van der Waals surface area contributed by atoms with Crippen molar-refractivity contribution in [3.8, 4) is 78.1 Å². The van der Waals surface area contributed by atoms with Crippen molar-refractivity contribution < 1.29 is 0 Å². The quantitative estimate of drug-likeness (QED) is 0.162. The summed E-state index contributed by atoms with van der Waals surface area (Å²) in [6.07, 6.45) is 0. The van der Waals surface area contributed by atoms with Crippen LogP contribution in [0.5, 0.6) is 0 Å². The summed E-state index contributed by atoms with van der Waals surface area (Å²) in [5, 5.41) is 0. The number of hydrogen-bond donors (Lipinski definition) is 0. The lowest BCUT2D eigenvalue weighted by Gasteiger charge is -2.24. The van der Waals surface area contributed by atoms with Gasteiger partial charge in [0.2, 0.25) is 0 Å². The molecule has 8 aromatic carbocycles. The van der Waals surface area contributed by atoms with Gasteiger partial charge in [0.1, 0.15) is 0 Å². The number of anilines is 1. The van der Waals surface area contributed by atoms with Crippen molar-refractivity contribution in [1.82, 2.24) is 4.98 Å². The van der Waals surface area contributed by atoms with Crippen LogP contribution in [-0.4, -0.2) is 4.98 Å². The predicted octanol–water partition coefficient (Wildman–Crippen LogP) is 14.3. The molecule has 2 heterocycles. The first-order valence-corrected chi connectivity index (χ1v) is 19.7. The molecule has 0 radical (unpaired) electrons. The third kappa shape index (κ3) is 7.06. The first-order valence-electron chi connectivity index (χ1n) is 19.7. The van der Waals surface area contributed by atoms with Crippen LogP contribution in [0.4, 0.5) is 5.69 Å². The van der Waals surface area contributed by atoms with Crippen LogP contribution < -0.4 is 4.90 Å². The summed E-state index contributed by atoms with van der Waals surface area (Å²) in [7, 11) is 0. The zero-order valence-electron chi connectivity index (χ0n) is 31.6. The molecular formula is C55H40N2. The summed E-state index contributed by atoms with van der Waals surface area (Å²) in [4.78, 5) is 7.68. The highest BCUT2D eigenvalue weighted by atomic mass is 15.1. The Bertz CT molecular complexity index is 2700. The third-order valence-electron chi connectivity index (χ3n) is 11.1. The molecule has 2 nitrogen and oxygen atoms in total. The van der Waals surface area contributed by atoms with Crippen molar-refractivity contribution in [1.29, 1.82) is 0 Å². The average Bonchev–Trinajstić information content (AvgIpc) is 3.46. The summed E-state index contributed by atoms with van der Waals surface area (Å²) >= 11 is 0. The average molecular weight is 729 g/mol. The van der Waals surface area contributed by atoms with Gasteiger partial charge in [0.15, 0.2) is 0 Å². The normalized spacial score (nSPS) is 12.0. The summed E-state index contributed by atoms with van der Waals surface area (Å²) in [5.74, 6) is 0. The van der Waals surface area contributed by atoms with E-state index in [-0.39, 0.29) is 0 Å². The fraction of sp³-hybridized carbons (Fsp3) is 0.0364. The van der Waals surface area contributed by atoms with E-state index in [4.69, 9.17) is 4.98 Å². The predicted molar refractivity (Wildman–Crippen MR) is 239 cm³/mol. The molecule has 0 aliphatic carbocycles. The number of para-hydroxylation sites is 1. The second-order valence-corrected chi connectivity index (χ2v) is 14.8. The molecule has 57 heavy (non-hydrogen) atoms. The van der Waals surface area contributed by atoms with Gasteiger partial charge in [-0.05, 0) is 121 Å². The molecule has 0 amide bonds. The van der Waals surface area contributed by atoms with Gasteiger partial charge in [-0.2, -0.15) is 0 Å². The van der Waals surface area contributed by atoms with Gasteiger partial charge in [-0.15, -0.1) is 0 Å². The number of nitrogens with zero attached hydrogens (tertiary/aromatic N) is 2. The number of benzene rings is 8. The van der Waals surface area contributed by atoms with E-state index in [0.717, 1.165) is 41.2 Å². The van der Waals surface area contributed by atoms with Crippen LogP contribution in [0.3, 0.4) is 0 Å². The number of pyridine rings is 1. The van der Waals surface area contributed by atoms with Gasteiger partial charge in [0.05, 0.1) is 11.4 Å². The first-order chi connectivity index (χ1) is 28.2. The molecule has 10 rings (SSSR count). The molecule has 0 bridgehead atoms. The van der Waals surface area contributed by atoms with Crippen molar-refractivity contribution >= 4 is 5.69 Å². The van der Waals surface area contributed by atoms with Crippen LogP contribution in [0, 0.1) is 0 Å². The van der Waals surface area contributed by atoms with E-state index in [9.17, 15) is 0 Å². The molecule has 1 aliphatic rings. The standard InChI is InChI=1S/C55H40N2/c1-6-16-39(17-7-1)46-31-47(40-18-8-2-9-19-40)33-48(32-46)43-28-29-52-50(30-43)38-57(51-24-14-5-15-25-51)37-45-27-26-44(34-53(45)52)49-35-54(41-20-10-3-11-21-41)56-55(36-49)42-22-12-4-13-23-42/h1-36H,37-38H2. The van der Waals surface area contributed by atoms with Gasteiger partial charge in [-0.25, -0.2) is 4.98 Å². The zero-order chi connectivity index (χ0) is 38.0. The molecule has 0 atom stereocenters. The smallest absolute Gasteiger partial charge is 0.0715 e. The molecule has 0 saturated heterocycles. The summed E-state index contributed by atoms with van der Waals surface area (Å²) in [6, 6.07) is 78.9. The van der Waals surface area contributed by atoms with Gasteiger partial charge in [0, 0.05) is 29.9 Å². The Hall–Kier alpha value is -7.29. The highest BCUT2D eigenvalue weighted by Crippen LogP contribution is 2.41. The Morgan fingerprint density at radius 2 is 0.702 bits per heavy atom. The van der Waals surface area contributed by atoms with Gasteiger partial charge in [-0.3, -0.25) is 0 Å². The van der Waals surface area contributed by atoms with E-state index in [0.29, 0.717) is 0 Å². The maximum Gasteiger partial charge on any atom is 0.0715 e. The lowest BCUT2D eigenvalue weighted by Crippen LogP contribution is -2.20. The SMILES string of the molecule is c1ccc(-c2cc(-c3ccccc3)cc(-c3ccc4c(c3)CN(c3ccccc3)Cc3ccc(-c5cc(-c6ccccc6)nc(-c6ccccc6)c5)cc3-4)c2)cc1. The van der Waals surface area contributed by atoms with Gasteiger partial charge < -0.3 is 4.90 Å². The Labute approximate surface area is 335 Å². The third-order valence-corrected chi connectivity index (χ3v) is 11.1. The topological polar surface area (TPSA) is 16.1 Å². The van der Waals surface area contributed by atoms with E-state index in [1.165, 1.54) is 66.9 Å². The molecule has 0 unspecified atom stereocenters. The monoisotopic (exact) mass is 728 g/mol. The molecule has 0 spiro atoms. The lowest BCUT2D eigenvalue weighted by atomic mass is 9.89. The van der Waals surface area contributed by atoms with E-state index in [1.807, 2.05) is 0 Å². The van der Waals surface area contributed by atoms with Gasteiger partial charge >= 0.3 is 0 Å². The van der Waals surface area contributed by atoms with Crippen LogP contribution in [0.1, 0.15) is 11.1 Å². The second kappa shape index (κ2) is 15.1. The first kappa shape index (κ1) is 34.2. The molecule has 0 fully saturated rings. The van der Waals surface area contributed by atoms with Gasteiger partial charge in [-0.1, -0.05) is 164 Å². The maximum atomic E-state index is 5.16. The fourth-order valence-electron chi connectivity index (χ4n) is 8.20. The zero-order valence-corrected chi connectivity index (χ0v) is 31.6. The molecule has 0 saturated carbocycles. The van der Waals surface area contributed by atoms with Gasteiger partial charge in [0.25, 0.3) is 0 Å². The van der Waals surface area contributed by atoms with Crippen molar-refractivity contribution in [3.05, 3.63) is 230 Å². The highest BCUT2D eigenvalue weighted by molar-refractivity contribution is 5.86. The lowest BCUT2D eigenvalue weighted by molar-refractivity contribution is 0.812. The van der Waals surface area contributed by atoms with Crippen LogP contribution in [-0.2, 0) is 13.1 Å². The van der Waals surface area contributed by atoms with Crippen molar-refractivity contribution in [2.75, 3.05) is 4.90 Å². The van der Waals surface area contributed by atoms with E-state index in [1.54, 1.807) is 0 Å². The number of hydrogen-bond acceptors (Lipinski definition) is 2. The second-order valence-electron chi connectivity index (χ2n) is 14.8. The minimum Gasteiger partial charge on any atom is -0.363 e. The summed E-state index contributed by atoms with van der Waals surface area (Å²) in [5.41, 5.74) is 20.1. The van der Waals surface area contributed by atoms with Crippen LogP contribution in [0.25, 0.3) is 78.1 Å². The Balaban J connectivity index is 1.13. The Morgan fingerprint density at radius 3 is 1.25 bits per heavy atom. The number of fused-ring (bicyclic) bond motifs is 3. The molecule has 1 aromatic heterocycles. The molecule has 270 valence electrons. The van der Waals surface area contributed by atoms with Crippen LogP contribution in [0.2, 0.25) is 0 Å². The summed E-state index contributed by atoms with van der Waals surface area (Å²) < 4.78 is 0. The van der Waals surface area contributed by atoms with E-state index < -0.39 is 0 Å². The number of rotatable bonds is 7. The Morgan fingerprint density at radius 1 is 0.281 bits per heavy atom. The Kier molecular flexibility index (Phi) is 9.06. The largest absolute Gasteiger partial charge is 0.363 e. The maximum absolute atomic E-state index is 5.16. The van der Waals surface area contributed by atoms with Crippen LogP contribution in [0.15, 0.2) is 218 Å². The van der Waals surface area contributed by atoms with Crippen LogP contribution >= 0.6 is 0 Å².